The molecule has 1 saturated carbocycles. The summed E-state index contributed by atoms with van der Waals surface area (Å²) < 4.78 is 0. The zero-order valence-corrected chi connectivity index (χ0v) is 11.2. The quantitative estimate of drug-likeness (QED) is 0.679. The Morgan fingerprint density at radius 3 is 2.85 bits per heavy atom. The summed E-state index contributed by atoms with van der Waals surface area (Å²) in [6.07, 6.45) is 6.63. The first kappa shape index (κ1) is 12.8. The number of aromatic nitrogens is 1. The highest BCUT2D eigenvalue weighted by molar-refractivity contribution is 5.94. The van der Waals surface area contributed by atoms with E-state index in [0.717, 1.165) is 6.54 Å². The Hall–Kier alpha value is -2.17. The molecule has 0 atom stereocenters. The molecular weight excluding hydrogens is 254 g/mol. The van der Waals surface area contributed by atoms with E-state index >= 15 is 0 Å². The van der Waals surface area contributed by atoms with Crippen LogP contribution in [0.15, 0.2) is 30.5 Å². The Labute approximate surface area is 117 Å². The van der Waals surface area contributed by atoms with Gasteiger partial charge < -0.3 is 5.32 Å². The number of nitro benzene ring substituents is 1. The van der Waals surface area contributed by atoms with Crippen molar-refractivity contribution in [2.45, 2.75) is 25.7 Å². The molecule has 0 spiro atoms. The molecule has 0 unspecified atom stereocenters. The molecule has 104 valence electrons. The van der Waals surface area contributed by atoms with Gasteiger partial charge in [-0.1, -0.05) is 12.8 Å². The van der Waals surface area contributed by atoms with Crippen molar-refractivity contribution in [2.24, 2.45) is 5.92 Å². The number of nitrogens with zero attached hydrogens (tertiary/aromatic N) is 2. The molecule has 0 radical (unpaired) electrons. The minimum atomic E-state index is -0.318. The van der Waals surface area contributed by atoms with Crippen molar-refractivity contribution in [1.82, 2.24) is 4.98 Å². The number of pyridine rings is 1. The Morgan fingerprint density at radius 1 is 1.30 bits per heavy atom. The van der Waals surface area contributed by atoms with Gasteiger partial charge in [-0.15, -0.1) is 0 Å². The fourth-order valence-corrected chi connectivity index (χ4v) is 2.94. The van der Waals surface area contributed by atoms with Gasteiger partial charge >= 0.3 is 5.69 Å². The molecule has 3 rings (SSSR count). The summed E-state index contributed by atoms with van der Waals surface area (Å²) in [4.78, 5) is 15.2. The van der Waals surface area contributed by atoms with Crippen LogP contribution >= 0.6 is 0 Å². The van der Waals surface area contributed by atoms with E-state index in [1.807, 2.05) is 6.07 Å². The second-order valence-electron chi connectivity index (χ2n) is 5.32. The van der Waals surface area contributed by atoms with Gasteiger partial charge in [0.2, 0.25) is 0 Å². The summed E-state index contributed by atoms with van der Waals surface area (Å²) in [5.74, 6) is 0.638. The van der Waals surface area contributed by atoms with Crippen LogP contribution in [0.1, 0.15) is 25.7 Å². The maximum Gasteiger partial charge on any atom is 0.301 e. The molecule has 0 aliphatic heterocycles. The molecule has 1 fully saturated rings. The van der Waals surface area contributed by atoms with Gasteiger partial charge in [-0.2, -0.15) is 0 Å². The van der Waals surface area contributed by atoms with Crippen molar-refractivity contribution >= 4 is 22.3 Å². The van der Waals surface area contributed by atoms with Gasteiger partial charge in [-0.05, 0) is 43.0 Å². The fraction of sp³-hybridized carbons (Fsp3) is 0.400. The first-order valence-corrected chi connectivity index (χ1v) is 7.01. The fourth-order valence-electron chi connectivity index (χ4n) is 2.94. The van der Waals surface area contributed by atoms with Crippen LogP contribution < -0.4 is 5.32 Å². The predicted molar refractivity (Wildman–Crippen MR) is 78.8 cm³/mol. The van der Waals surface area contributed by atoms with E-state index in [1.165, 1.54) is 25.7 Å². The third-order valence-electron chi connectivity index (χ3n) is 4.00. The highest BCUT2D eigenvalue weighted by Crippen LogP contribution is 2.33. The van der Waals surface area contributed by atoms with Crippen LogP contribution in [0.4, 0.5) is 11.4 Å². The molecular formula is C15H17N3O2. The highest BCUT2D eigenvalue weighted by atomic mass is 16.6. The normalized spacial score (nSPS) is 15.6. The molecule has 5 nitrogen and oxygen atoms in total. The van der Waals surface area contributed by atoms with E-state index in [9.17, 15) is 10.1 Å². The zero-order valence-electron chi connectivity index (χ0n) is 11.2. The molecule has 1 aromatic heterocycles. The van der Waals surface area contributed by atoms with E-state index in [2.05, 4.69) is 10.3 Å². The molecule has 1 heterocycles. The third kappa shape index (κ3) is 2.43. The molecule has 0 saturated heterocycles. The molecule has 1 aliphatic carbocycles. The van der Waals surface area contributed by atoms with Gasteiger partial charge in [0.15, 0.2) is 0 Å². The van der Waals surface area contributed by atoms with E-state index < -0.39 is 0 Å². The Morgan fingerprint density at radius 2 is 2.10 bits per heavy atom. The number of rotatable bonds is 4. The summed E-state index contributed by atoms with van der Waals surface area (Å²) in [6, 6.07) is 7.08. The molecule has 5 heteroatoms. The van der Waals surface area contributed by atoms with Crippen LogP contribution in [-0.4, -0.2) is 16.5 Å². The maximum atomic E-state index is 11.4. The lowest BCUT2D eigenvalue weighted by Gasteiger charge is -2.12. The maximum absolute atomic E-state index is 11.4. The average Bonchev–Trinajstić information content (AvgIpc) is 2.97. The molecule has 0 amide bonds. The van der Waals surface area contributed by atoms with E-state index in [1.54, 1.807) is 24.4 Å². The summed E-state index contributed by atoms with van der Waals surface area (Å²) in [6.45, 7) is 0.812. The monoisotopic (exact) mass is 271 g/mol. The van der Waals surface area contributed by atoms with Crippen LogP contribution in [0.5, 0.6) is 0 Å². The molecule has 1 N–H and O–H groups in total. The molecule has 1 aliphatic rings. The van der Waals surface area contributed by atoms with Gasteiger partial charge in [0.1, 0.15) is 5.69 Å². The van der Waals surface area contributed by atoms with Crippen molar-refractivity contribution in [3.8, 4) is 0 Å². The first-order valence-electron chi connectivity index (χ1n) is 7.01. The summed E-state index contributed by atoms with van der Waals surface area (Å²) in [7, 11) is 0. The topological polar surface area (TPSA) is 68.1 Å². The molecule has 1 aromatic carbocycles. The van der Waals surface area contributed by atoms with Crippen LogP contribution in [0.25, 0.3) is 10.9 Å². The lowest BCUT2D eigenvalue weighted by atomic mass is 10.1. The van der Waals surface area contributed by atoms with Gasteiger partial charge in [0.25, 0.3) is 0 Å². The zero-order chi connectivity index (χ0) is 13.9. The number of hydrogen-bond acceptors (Lipinski definition) is 4. The third-order valence-corrected chi connectivity index (χ3v) is 4.00. The molecule has 20 heavy (non-hydrogen) atoms. The van der Waals surface area contributed by atoms with Gasteiger partial charge in [0, 0.05) is 12.7 Å². The highest BCUT2D eigenvalue weighted by Gasteiger charge is 2.20. The van der Waals surface area contributed by atoms with Crippen LogP contribution in [0.3, 0.4) is 0 Å². The van der Waals surface area contributed by atoms with Crippen LogP contribution in [0.2, 0.25) is 0 Å². The smallest absolute Gasteiger partial charge is 0.301 e. The van der Waals surface area contributed by atoms with Gasteiger partial charge in [0.05, 0.1) is 15.8 Å². The summed E-state index contributed by atoms with van der Waals surface area (Å²) in [5.41, 5.74) is 1.39. The first-order chi connectivity index (χ1) is 9.75. The lowest BCUT2D eigenvalue weighted by molar-refractivity contribution is -0.382. The second kappa shape index (κ2) is 5.45. The van der Waals surface area contributed by atoms with Crippen LogP contribution in [-0.2, 0) is 0 Å². The van der Waals surface area contributed by atoms with Crippen molar-refractivity contribution in [1.29, 1.82) is 0 Å². The van der Waals surface area contributed by atoms with Crippen LogP contribution in [0, 0.1) is 16.0 Å². The second-order valence-corrected chi connectivity index (χ2v) is 5.32. The number of anilines is 1. The standard InChI is InChI=1S/C15H17N3O2/c19-18(20)15-12-6-3-9-16-13(12)7-8-14(15)17-10-11-4-1-2-5-11/h3,6-9,11,17H,1-2,4-5,10H2. The number of nitro groups is 1. The molecule has 0 bridgehead atoms. The summed E-state index contributed by atoms with van der Waals surface area (Å²) in [5, 5.41) is 15.2. The number of benzene rings is 1. The van der Waals surface area contributed by atoms with E-state index in [-0.39, 0.29) is 10.6 Å². The van der Waals surface area contributed by atoms with Crippen molar-refractivity contribution in [3.63, 3.8) is 0 Å². The van der Waals surface area contributed by atoms with Crippen molar-refractivity contribution in [2.75, 3.05) is 11.9 Å². The van der Waals surface area contributed by atoms with Gasteiger partial charge in [-0.25, -0.2) is 0 Å². The molecule has 2 aromatic rings. The average molecular weight is 271 g/mol. The van der Waals surface area contributed by atoms with Gasteiger partial charge in [-0.3, -0.25) is 15.1 Å². The number of hydrogen-bond donors (Lipinski definition) is 1. The van der Waals surface area contributed by atoms with Crippen molar-refractivity contribution < 1.29 is 4.92 Å². The Kier molecular flexibility index (Phi) is 3.50. The van der Waals surface area contributed by atoms with E-state index in [4.69, 9.17) is 0 Å². The minimum absolute atomic E-state index is 0.133. The number of nitrogens with one attached hydrogen (secondary N) is 1. The largest absolute Gasteiger partial charge is 0.379 e. The summed E-state index contributed by atoms with van der Waals surface area (Å²) >= 11 is 0. The lowest BCUT2D eigenvalue weighted by Crippen LogP contribution is -2.12. The SMILES string of the molecule is O=[N+]([O-])c1c(NCC2CCCC2)ccc2ncccc12. The Balaban J connectivity index is 1.92. The number of fused-ring (bicyclic) bond motifs is 1. The Bertz CT molecular complexity index is 636. The predicted octanol–water partition coefficient (Wildman–Crippen LogP) is 3.75. The minimum Gasteiger partial charge on any atom is -0.379 e. The van der Waals surface area contributed by atoms with E-state index in [0.29, 0.717) is 22.5 Å². The van der Waals surface area contributed by atoms with Crippen molar-refractivity contribution in [3.05, 3.63) is 40.6 Å².